The third-order valence-corrected chi connectivity index (χ3v) is 5.89. The van der Waals surface area contributed by atoms with Crippen LogP contribution >= 0.6 is 7.60 Å². The van der Waals surface area contributed by atoms with E-state index in [0.29, 0.717) is 6.42 Å². The van der Waals surface area contributed by atoms with E-state index in [4.69, 9.17) is 9.05 Å². The lowest BCUT2D eigenvalue weighted by atomic mass is 10.0. The van der Waals surface area contributed by atoms with Gasteiger partial charge in [0, 0.05) is 6.42 Å². The first-order chi connectivity index (χ1) is 10.4. The van der Waals surface area contributed by atoms with E-state index in [1.807, 2.05) is 30.3 Å². The molecule has 0 spiro atoms. The van der Waals surface area contributed by atoms with Crippen LogP contribution in [0.15, 0.2) is 30.3 Å². The van der Waals surface area contributed by atoms with Crippen molar-refractivity contribution in [2.24, 2.45) is 0 Å². The number of Topliss-reactive ketones (excluding diaryl/α,β-unsaturated/α-hetero) is 1. The third kappa shape index (κ3) is 5.03. The van der Waals surface area contributed by atoms with Gasteiger partial charge in [-0.2, -0.15) is 0 Å². The molecule has 0 aliphatic rings. The minimum atomic E-state index is -3.80. The van der Waals surface area contributed by atoms with Crippen molar-refractivity contribution in [3.63, 3.8) is 0 Å². The van der Waals surface area contributed by atoms with Crippen LogP contribution in [0, 0.1) is 0 Å². The van der Waals surface area contributed by atoms with E-state index in [9.17, 15) is 14.5 Å². The van der Waals surface area contributed by atoms with Gasteiger partial charge in [0.1, 0.15) is 5.78 Å². The van der Waals surface area contributed by atoms with Crippen LogP contribution < -0.4 is 0 Å². The lowest BCUT2D eigenvalue weighted by Gasteiger charge is -2.34. The van der Waals surface area contributed by atoms with Gasteiger partial charge in [0.2, 0.25) is 0 Å². The molecule has 1 atom stereocenters. The maximum absolute atomic E-state index is 12.9. The van der Waals surface area contributed by atoms with Gasteiger partial charge in [-0.15, -0.1) is 0 Å². The average Bonchev–Trinajstić information content (AvgIpc) is 2.46. The van der Waals surface area contributed by atoms with Gasteiger partial charge in [-0.1, -0.05) is 30.3 Å². The van der Waals surface area contributed by atoms with Crippen molar-refractivity contribution in [2.45, 2.75) is 45.4 Å². The summed E-state index contributed by atoms with van der Waals surface area (Å²) < 4.78 is 23.5. The van der Waals surface area contributed by atoms with Gasteiger partial charge < -0.3 is 14.2 Å². The van der Waals surface area contributed by atoms with Crippen LogP contribution in [0.2, 0.25) is 0 Å². The minimum absolute atomic E-state index is 0.133. The summed E-state index contributed by atoms with van der Waals surface area (Å²) in [6.07, 6.45) is 0.361. The van der Waals surface area contributed by atoms with Gasteiger partial charge in [-0.05, 0) is 39.2 Å². The predicted molar refractivity (Wildman–Crippen MR) is 85.9 cm³/mol. The molecule has 0 fully saturated rings. The number of ketones is 1. The minimum Gasteiger partial charge on any atom is -0.377 e. The fourth-order valence-corrected chi connectivity index (χ4v) is 4.36. The van der Waals surface area contributed by atoms with E-state index in [0.717, 1.165) is 5.56 Å². The molecular weight excluding hydrogens is 303 g/mol. The quantitative estimate of drug-likeness (QED) is 0.665. The van der Waals surface area contributed by atoms with Crippen molar-refractivity contribution in [3.8, 4) is 0 Å². The standard InChI is InChI=1S/C16H25O5P/c1-4-20-22(19,21-5-2)16(18,13-14(3)17)12-11-15-9-7-6-8-10-15/h6-10,18H,4-5,11-13H2,1-3H3. The molecule has 0 saturated heterocycles. The first-order valence-electron chi connectivity index (χ1n) is 7.52. The number of aliphatic hydroxyl groups is 1. The van der Waals surface area contributed by atoms with Crippen molar-refractivity contribution in [2.75, 3.05) is 13.2 Å². The zero-order chi connectivity index (χ0) is 16.6. The summed E-state index contributed by atoms with van der Waals surface area (Å²) in [4.78, 5) is 11.5. The Labute approximate surface area is 132 Å². The molecular formula is C16H25O5P. The monoisotopic (exact) mass is 328 g/mol. The smallest absolute Gasteiger partial charge is 0.362 e. The first-order valence-corrected chi connectivity index (χ1v) is 9.06. The third-order valence-electron chi connectivity index (χ3n) is 3.30. The number of carbonyl (C=O) groups excluding carboxylic acids is 1. The molecule has 1 unspecified atom stereocenters. The van der Waals surface area contributed by atoms with Gasteiger partial charge in [-0.25, -0.2) is 0 Å². The van der Waals surface area contributed by atoms with Crippen LogP contribution in [0.4, 0.5) is 0 Å². The second kappa shape index (κ2) is 8.59. The lowest BCUT2D eigenvalue weighted by Crippen LogP contribution is -2.34. The molecule has 0 aliphatic heterocycles. The lowest BCUT2D eigenvalue weighted by molar-refractivity contribution is -0.120. The SMILES string of the molecule is CCOP(=O)(OCC)C(O)(CCc1ccccc1)CC(C)=O. The maximum atomic E-state index is 12.9. The Bertz CT molecular complexity index is 507. The Morgan fingerprint density at radius 1 is 1.18 bits per heavy atom. The van der Waals surface area contributed by atoms with E-state index in [1.54, 1.807) is 13.8 Å². The van der Waals surface area contributed by atoms with Crippen LogP contribution in [0.25, 0.3) is 0 Å². The predicted octanol–water partition coefficient (Wildman–Crippen LogP) is 3.55. The zero-order valence-corrected chi connectivity index (χ0v) is 14.3. The summed E-state index contributed by atoms with van der Waals surface area (Å²) in [6.45, 7) is 5.00. The normalized spacial score (nSPS) is 14.5. The van der Waals surface area contributed by atoms with Crippen LogP contribution in [-0.2, 0) is 24.8 Å². The molecule has 0 saturated carbocycles. The zero-order valence-electron chi connectivity index (χ0n) is 13.4. The highest BCUT2D eigenvalue weighted by molar-refractivity contribution is 7.55. The second-order valence-electron chi connectivity index (χ2n) is 5.18. The van der Waals surface area contributed by atoms with Crippen LogP contribution in [0.1, 0.15) is 39.2 Å². The van der Waals surface area contributed by atoms with Gasteiger partial charge in [-0.3, -0.25) is 9.36 Å². The Kier molecular flexibility index (Phi) is 7.43. The summed E-state index contributed by atoms with van der Waals surface area (Å²) in [5.74, 6) is -0.254. The number of rotatable bonds is 10. The highest BCUT2D eigenvalue weighted by Crippen LogP contribution is 2.61. The molecule has 22 heavy (non-hydrogen) atoms. The van der Waals surface area contributed by atoms with Gasteiger partial charge in [0.25, 0.3) is 0 Å². The molecule has 1 rings (SSSR count). The number of aryl methyl sites for hydroxylation is 1. The van der Waals surface area contributed by atoms with Crippen molar-refractivity contribution in [3.05, 3.63) is 35.9 Å². The van der Waals surface area contributed by atoms with Crippen LogP contribution in [-0.4, -0.2) is 29.4 Å². The maximum Gasteiger partial charge on any atom is 0.362 e. The molecule has 124 valence electrons. The number of carbonyl (C=O) groups is 1. The fraction of sp³-hybridized carbons (Fsp3) is 0.562. The molecule has 0 aliphatic carbocycles. The highest BCUT2D eigenvalue weighted by atomic mass is 31.2. The Morgan fingerprint density at radius 3 is 2.18 bits per heavy atom. The van der Waals surface area contributed by atoms with Crippen molar-refractivity contribution in [1.29, 1.82) is 0 Å². The fourth-order valence-electron chi connectivity index (χ4n) is 2.33. The molecule has 0 radical (unpaired) electrons. The topological polar surface area (TPSA) is 72.8 Å². The molecule has 1 aromatic carbocycles. The highest BCUT2D eigenvalue weighted by Gasteiger charge is 2.49. The van der Waals surface area contributed by atoms with Gasteiger partial charge in [0.15, 0.2) is 5.34 Å². The summed E-state index contributed by atoms with van der Waals surface area (Å²) in [7, 11) is -3.80. The van der Waals surface area contributed by atoms with E-state index >= 15 is 0 Å². The molecule has 1 N–H and O–H groups in total. The van der Waals surface area contributed by atoms with Gasteiger partial charge >= 0.3 is 7.60 Å². The van der Waals surface area contributed by atoms with E-state index in [2.05, 4.69) is 0 Å². The largest absolute Gasteiger partial charge is 0.377 e. The average molecular weight is 328 g/mol. The Hall–Kier alpha value is -1.00. The molecule has 0 aromatic heterocycles. The van der Waals surface area contributed by atoms with Crippen LogP contribution in [0.5, 0.6) is 0 Å². The van der Waals surface area contributed by atoms with E-state index < -0.39 is 12.9 Å². The number of hydrogen-bond acceptors (Lipinski definition) is 5. The van der Waals surface area contributed by atoms with E-state index in [-0.39, 0.29) is 31.8 Å². The summed E-state index contributed by atoms with van der Waals surface area (Å²) in [5, 5.41) is 9.09. The van der Waals surface area contributed by atoms with Crippen molar-refractivity contribution in [1.82, 2.24) is 0 Å². The molecule has 5 nitrogen and oxygen atoms in total. The molecule has 0 heterocycles. The van der Waals surface area contributed by atoms with E-state index in [1.165, 1.54) is 6.92 Å². The van der Waals surface area contributed by atoms with Crippen LogP contribution in [0.3, 0.4) is 0 Å². The molecule has 1 aromatic rings. The first kappa shape index (κ1) is 19.0. The Balaban J connectivity index is 3.01. The number of benzene rings is 1. The Morgan fingerprint density at radius 2 is 1.73 bits per heavy atom. The summed E-state index contributed by atoms with van der Waals surface area (Å²) in [5.41, 5.74) is 0.990. The van der Waals surface area contributed by atoms with Gasteiger partial charge in [0.05, 0.1) is 13.2 Å². The van der Waals surface area contributed by atoms with Crippen molar-refractivity contribution < 1.29 is 23.5 Å². The summed E-state index contributed by atoms with van der Waals surface area (Å²) in [6, 6.07) is 9.52. The molecule has 6 heteroatoms. The van der Waals surface area contributed by atoms with Crippen molar-refractivity contribution >= 4 is 13.4 Å². The second-order valence-corrected chi connectivity index (χ2v) is 7.52. The summed E-state index contributed by atoms with van der Waals surface area (Å²) >= 11 is 0. The number of hydrogen-bond donors (Lipinski definition) is 1. The molecule has 0 amide bonds. The molecule has 0 bridgehead atoms.